The molecule has 23 heavy (non-hydrogen) atoms. The predicted octanol–water partition coefficient (Wildman–Crippen LogP) is 2.47. The average molecular weight is 331 g/mol. The van der Waals surface area contributed by atoms with Crippen molar-refractivity contribution in [3.8, 4) is 11.5 Å². The van der Waals surface area contributed by atoms with E-state index in [1.54, 1.807) is 16.4 Å². The number of benzene rings is 2. The van der Waals surface area contributed by atoms with Crippen molar-refractivity contribution in [1.29, 1.82) is 0 Å². The van der Waals surface area contributed by atoms with Gasteiger partial charge in [-0.05, 0) is 48.2 Å². The molecule has 2 aromatic rings. The lowest BCUT2D eigenvalue weighted by Crippen LogP contribution is -2.36. The minimum Gasteiger partial charge on any atom is -0.454 e. The second-order valence-electron chi connectivity index (χ2n) is 5.83. The smallest absolute Gasteiger partial charge is 0.243 e. The van der Waals surface area contributed by atoms with E-state index in [4.69, 9.17) is 9.47 Å². The van der Waals surface area contributed by atoms with E-state index < -0.39 is 10.0 Å². The fraction of sp³-hybridized carbons (Fsp3) is 0.294. The summed E-state index contributed by atoms with van der Waals surface area (Å²) in [5.74, 6) is 1.44. The molecule has 0 N–H and O–H groups in total. The molecule has 0 fully saturated rings. The second-order valence-corrected chi connectivity index (χ2v) is 7.73. The van der Waals surface area contributed by atoms with Gasteiger partial charge in [-0.3, -0.25) is 0 Å². The van der Waals surface area contributed by atoms with Gasteiger partial charge in [0.2, 0.25) is 16.8 Å². The zero-order chi connectivity index (χ0) is 16.0. The van der Waals surface area contributed by atoms with Gasteiger partial charge in [-0.2, -0.15) is 4.31 Å². The zero-order valence-electron chi connectivity index (χ0n) is 12.8. The first kappa shape index (κ1) is 14.5. The Kier molecular flexibility index (Phi) is 3.32. The molecule has 0 radical (unpaired) electrons. The molecule has 2 aromatic carbocycles. The van der Waals surface area contributed by atoms with E-state index in [0.29, 0.717) is 30.2 Å². The van der Waals surface area contributed by atoms with Gasteiger partial charge in [0.15, 0.2) is 11.5 Å². The highest BCUT2D eigenvalue weighted by atomic mass is 32.2. The Morgan fingerprint density at radius 1 is 1.04 bits per heavy atom. The van der Waals surface area contributed by atoms with Crippen LogP contribution in [0, 0.1) is 6.92 Å². The monoisotopic (exact) mass is 331 g/mol. The van der Waals surface area contributed by atoms with Crippen molar-refractivity contribution >= 4 is 10.0 Å². The molecular weight excluding hydrogens is 314 g/mol. The van der Waals surface area contributed by atoms with Crippen molar-refractivity contribution in [1.82, 2.24) is 4.31 Å². The molecule has 0 amide bonds. The third kappa shape index (κ3) is 2.38. The number of rotatable bonds is 2. The summed E-state index contributed by atoms with van der Waals surface area (Å²) in [5, 5.41) is 0. The van der Waals surface area contributed by atoms with E-state index in [1.807, 2.05) is 31.2 Å². The maximum absolute atomic E-state index is 12.9. The van der Waals surface area contributed by atoms with Crippen LogP contribution in [0.1, 0.15) is 16.7 Å². The molecule has 0 bridgehead atoms. The van der Waals surface area contributed by atoms with Crippen LogP contribution >= 0.6 is 0 Å². The molecular formula is C17H17NO4S. The largest absolute Gasteiger partial charge is 0.454 e. The molecule has 2 heterocycles. The lowest BCUT2D eigenvalue weighted by atomic mass is 10.0. The average Bonchev–Trinajstić information content (AvgIpc) is 2.99. The number of nitrogens with zero attached hydrogens (tertiary/aromatic N) is 1. The number of sulfonamides is 1. The van der Waals surface area contributed by atoms with Gasteiger partial charge < -0.3 is 9.47 Å². The normalized spacial score (nSPS) is 17.1. The maximum Gasteiger partial charge on any atom is 0.243 e. The van der Waals surface area contributed by atoms with Crippen molar-refractivity contribution < 1.29 is 17.9 Å². The van der Waals surface area contributed by atoms with E-state index >= 15 is 0 Å². The predicted molar refractivity (Wildman–Crippen MR) is 85.0 cm³/mol. The third-order valence-electron chi connectivity index (χ3n) is 4.38. The lowest BCUT2D eigenvalue weighted by molar-refractivity contribution is 0.174. The third-order valence-corrected chi connectivity index (χ3v) is 6.39. The zero-order valence-corrected chi connectivity index (χ0v) is 13.6. The Balaban J connectivity index is 1.69. The van der Waals surface area contributed by atoms with Crippen LogP contribution in [0.2, 0.25) is 0 Å². The number of aryl methyl sites for hydroxylation is 1. The maximum atomic E-state index is 12.9. The fourth-order valence-electron chi connectivity index (χ4n) is 3.11. The summed E-state index contributed by atoms with van der Waals surface area (Å²) in [5.41, 5.74) is 2.88. The van der Waals surface area contributed by atoms with E-state index in [2.05, 4.69) is 0 Å². The van der Waals surface area contributed by atoms with Crippen LogP contribution in [0.3, 0.4) is 0 Å². The molecule has 2 aliphatic heterocycles. The highest BCUT2D eigenvalue weighted by Gasteiger charge is 2.30. The minimum absolute atomic E-state index is 0.226. The summed E-state index contributed by atoms with van der Waals surface area (Å²) in [6.45, 7) is 2.89. The van der Waals surface area contributed by atoms with Crippen LogP contribution in [0.5, 0.6) is 11.5 Å². The summed E-state index contributed by atoms with van der Waals surface area (Å²) in [6.07, 6.45) is 0.678. The van der Waals surface area contributed by atoms with Gasteiger partial charge in [0, 0.05) is 13.1 Å². The number of hydrogen-bond acceptors (Lipinski definition) is 4. The molecule has 120 valence electrons. The molecule has 0 aromatic heterocycles. The fourth-order valence-corrected chi connectivity index (χ4v) is 4.75. The molecule has 0 spiro atoms. The first-order valence-electron chi connectivity index (χ1n) is 7.53. The van der Waals surface area contributed by atoms with E-state index in [-0.39, 0.29) is 6.79 Å². The Morgan fingerprint density at radius 3 is 2.48 bits per heavy atom. The van der Waals surface area contributed by atoms with Crippen LogP contribution in [0.4, 0.5) is 0 Å². The second kappa shape index (κ2) is 5.25. The summed E-state index contributed by atoms with van der Waals surface area (Å²) in [4.78, 5) is 0.379. The topological polar surface area (TPSA) is 55.8 Å². The van der Waals surface area contributed by atoms with Gasteiger partial charge in [0.1, 0.15) is 0 Å². The molecule has 0 aliphatic carbocycles. The van der Waals surface area contributed by atoms with Crippen molar-refractivity contribution in [2.24, 2.45) is 0 Å². The molecule has 5 nitrogen and oxygen atoms in total. The van der Waals surface area contributed by atoms with Crippen molar-refractivity contribution in [3.63, 3.8) is 0 Å². The van der Waals surface area contributed by atoms with Crippen LogP contribution in [-0.2, 0) is 23.0 Å². The van der Waals surface area contributed by atoms with Gasteiger partial charge in [-0.15, -0.1) is 0 Å². The standard InChI is InChI=1S/C17H17NO4S/c1-12-4-2-3-5-17(12)23(19,20)18-7-6-13-8-15-16(22-11-21-15)9-14(13)10-18/h2-5,8-9H,6-7,10-11H2,1H3. The van der Waals surface area contributed by atoms with E-state index in [0.717, 1.165) is 22.4 Å². The molecule has 0 unspecified atom stereocenters. The minimum atomic E-state index is -3.49. The molecule has 2 aliphatic rings. The summed E-state index contributed by atoms with van der Waals surface area (Å²) < 4.78 is 38.2. The van der Waals surface area contributed by atoms with E-state index in [9.17, 15) is 8.42 Å². The van der Waals surface area contributed by atoms with Crippen molar-refractivity contribution in [2.75, 3.05) is 13.3 Å². The molecule has 0 saturated carbocycles. The molecule has 6 heteroatoms. The molecule has 0 atom stereocenters. The number of hydrogen-bond donors (Lipinski definition) is 0. The van der Waals surface area contributed by atoms with Gasteiger partial charge in [-0.1, -0.05) is 18.2 Å². The van der Waals surface area contributed by atoms with Crippen LogP contribution in [-0.4, -0.2) is 26.1 Å². The lowest BCUT2D eigenvalue weighted by Gasteiger charge is -2.28. The van der Waals surface area contributed by atoms with Gasteiger partial charge in [0.05, 0.1) is 4.90 Å². The highest BCUT2D eigenvalue weighted by Crippen LogP contribution is 2.37. The van der Waals surface area contributed by atoms with Crippen LogP contribution in [0.25, 0.3) is 0 Å². The van der Waals surface area contributed by atoms with Gasteiger partial charge in [-0.25, -0.2) is 8.42 Å². The molecule has 0 saturated heterocycles. The highest BCUT2D eigenvalue weighted by molar-refractivity contribution is 7.89. The van der Waals surface area contributed by atoms with E-state index in [1.165, 1.54) is 0 Å². The first-order valence-corrected chi connectivity index (χ1v) is 8.97. The Hall–Kier alpha value is -2.05. The Labute approximate surface area is 135 Å². The molecule has 4 rings (SSSR count). The summed E-state index contributed by atoms with van der Waals surface area (Å²) >= 11 is 0. The Bertz CT molecular complexity index is 876. The van der Waals surface area contributed by atoms with Crippen LogP contribution < -0.4 is 9.47 Å². The SMILES string of the molecule is Cc1ccccc1S(=O)(=O)N1CCc2cc3c(cc2C1)OCO3. The Morgan fingerprint density at radius 2 is 1.74 bits per heavy atom. The number of ether oxygens (including phenoxy) is 2. The van der Waals surface area contributed by atoms with Crippen LogP contribution in [0.15, 0.2) is 41.3 Å². The summed E-state index contributed by atoms with van der Waals surface area (Å²) in [6, 6.07) is 11.0. The van der Waals surface area contributed by atoms with Crippen molar-refractivity contribution in [2.45, 2.75) is 24.8 Å². The first-order chi connectivity index (χ1) is 11.1. The van der Waals surface area contributed by atoms with Crippen molar-refractivity contribution in [3.05, 3.63) is 53.1 Å². The van der Waals surface area contributed by atoms with Gasteiger partial charge >= 0.3 is 0 Å². The van der Waals surface area contributed by atoms with Gasteiger partial charge in [0.25, 0.3) is 0 Å². The quantitative estimate of drug-likeness (QED) is 0.848. The number of fused-ring (bicyclic) bond motifs is 2. The summed E-state index contributed by atoms with van der Waals surface area (Å²) in [7, 11) is -3.49.